The topological polar surface area (TPSA) is 82.3 Å². The van der Waals surface area contributed by atoms with Crippen molar-refractivity contribution in [2.45, 2.75) is 12.1 Å². The lowest BCUT2D eigenvalue weighted by molar-refractivity contribution is 0.549. The second-order valence-corrected chi connectivity index (χ2v) is 9.19. The van der Waals surface area contributed by atoms with E-state index in [0.29, 0.717) is 10.2 Å². The van der Waals surface area contributed by atoms with E-state index in [9.17, 15) is 8.42 Å². The van der Waals surface area contributed by atoms with Crippen LogP contribution in [0.1, 0.15) is 0 Å². The van der Waals surface area contributed by atoms with E-state index in [1.54, 1.807) is 0 Å². The van der Waals surface area contributed by atoms with Gasteiger partial charge in [-0.3, -0.25) is 0 Å². The first-order valence-corrected chi connectivity index (χ1v) is 11.0. The highest BCUT2D eigenvalue weighted by Gasteiger charge is 2.38. The average Bonchev–Trinajstić information content (AvgIpc) is 2.89. The lowest BCUT2D eigenvalue weighted by Gasteiger charge is -2.24. The maximum absolute atomic E-state index is 12.1. The molecule has 0 aliphatic carbocycles. The number of para-hydroxylation sites is 2. The summed E-state index contributed by atoms with van der Waals surface area (Å²) in [4.78, 5) is 0. The smallest absolute Gasteiger partial charge is 0.171 e. The van der Waals surface area contributed by atoms with Crippen LogP contribution >= 0.6 is 24.4 Å². The predicted octanol–water partition coefficient (Wildman–Crippen LogP) is 2.13. The lowest BCUT2D eigenvalue weighted by atomic mass is 10.2. The summed E-state index contributed by atoms with van der Waals surface area (Å²) in [7, 11) is -3.18. The van der Waals surface area contributed by atoms with Gasteiger partial charge in [0, 0.05) is 11.4 Å². The molecule has 0 spiro atoms. The maximum Gasteiger partial charge on any atom is 0.171 e. The number of hydrogen-bond acceptors (Lipinski definition) is 4. The van der Waals surface area contributed by atoms with Gasteiger partial charge in [0.1, 0.15) is 0 Å². The molecular weight excluding hydrogens is 400 g/mol. The quantitative estimate of drug-likeness (QED) is 0.560. The van der Waals surface area contributed by atoms with E-state index < -0.39 is 9.84 Å². The van der Waals surface area contributed by atoms with Gasteiger partial charge in [0.2, 0.25) is 0 Å². The molecule has 4 N–H and O–H groups in total. The minimum Gasteiger partial charge on any atom is -0.357 e. The Labute approximate surface area is 169 Å². The largest absolute Gasteiger partial charge is 0.357 e. The van der Waals surface area contributed by atoms with Crippen molar-refractivity contribution in [3.8, 4) is 0 Å². The highest BCUT2D eigenvalue weighted by Crippen LogP contribution is 2.14. The fourth-order valence-electron chi connectivity index (χ4n) is 2.85. The van der Waals surface area contributed by atoms with Gasteiger partial charge in [0.05, 0.1) is 23.6 Å². The Morgan fingerprint density at radius 2 is 1.11 bits per heavy atom. The molecule has 0 amide bonds. The van der Waals surface area contributed by atoms with Crippen molar-refractivity contribution in [2.75, 3.05) is 22.1 Å². The summed E-state index contributed by atoms with van der Waals surface area (Å²) in [5.74, 6) is -0.00947. The number of thiocarbonyl (C=S) groups is 2. The molecule has 1 saturated heterocycles. The summed E-state index contributed by atoms with van der Waals surface area (Å²) in [6.07, 6.45) is 0. The number of rotatable bonds is 4. The third-order valence-corrected chi connectivity index (χ3v) is 6.22. The van der Waals surface area contributed by atoms with Crippen LogP contribution in [0.5, 0.6) is 0 Å². The Balaban J connectivity index is 1.60. The molecule has 0 unspecified atom stereocenters. The molecule has 1 heterocycles. The van der Waals surface area contributed by atoms with E-state index in [4.69, 9.17) is 24.4 Å². The maximum atomic E-state index is 12.1. The Morgan fingerprint density at radius 1 is 0.741 bits per heavy atom. The van der Waals surface area contributed by atoms with Crippen molar-refractivity contribution >= 4 is 55.9 Å². The van der Waals surface area contributed by atoms with Crippen LogP contribution in [-0.2, 0) is 9.84 Å². The Bertz CT molecular complexity index is 835. The van der Waals surface area contributed by atoms with Crippen molar-refractivity contribution in [2.24, 2.45) is 0 Å². The van der Waals surface area contributed by atoms with Gasteiger partial charge in [-0.2, -0.15) is 0 Å². The van der Waals surface area contributed by atoms with E-state index >= 15 is 0 Å². The van der Waals surface area contributed by atoms with Crippen molar-refractivity contribution in [3.63, 3.8) is 0 Å². The number of benzene rings is 2. The van der Waals surface area contributed by atoms with Crippen LogP contribution in [-0.4, -0.2) is 42.2 Å². The third kappa shape index (κ3) is 5.88. The van der Waals surface area contributed by atoms with Gasteiger partial charge in [-0.05, 0) is 48.7 Å². The first kappa shape index (κ1) is 19.5. The first-order chi connectivity index (χ1) is 12.9. The van der Waals surface area contributed by atoms with Gasteiger partial charge in [-0.25, -0.2) is 8.42 Å². The molecule has 1 fully saturated rings. The van der Waals surface area contributed by atoms with Crippen LogP contribution in [0.25, 0.3) is 0 Å². The molecule has 9 heteroatoms. The zero-order chi connectivity index (χ0) is 19.3. The van der Waals surface area contributed by atoms with E-state index in [0.717, 1.165) is 11.4 Å². The second kappa shape index (κ2) is 8.64. The molecule has 0 bridgehead atoms. The molecule has 0 radical (unpaired) electrons. The van der Waals surface area contributed by atoms with Gasteiger partial charge in [0.15, 0.2) is 20.1 Å². The zero-order valence-electron chi connectivity index (χ0n) is 14.4. The minimum atomic E-state index is -3.18. The van der Waals surface area contributed by atoms with Gasteiger partial charge in [-0.1, -0.05) is 36.4 Å². The first-order valence-electron chi connectivity index (χ1n) is 8.37. The van der Waals surface area contributed by atoms with E-state index in [-0.39, 0.29) is 23.6 Å². The van der Waals surface area contributed by atoms with Crippen molar-refractivity contribution in [1.29, 1.82) is 0 Å². The summed E-state index contributed by atoms with van der Waals surface area (Å²) in [5, 5.41) is 13.0. The van der Waals surface area contributed by atoms with Gasteiger partial charge in [-0.15, -0.1) is 0 Å². The van der Waals surface area contributed by atoms with Crippen molar-refractivity contribution < 1.29 is 8.42 Å². The van der Waals surface area contributed by atoms with Gasteiger partial charge >= 0.3 is 0 Å². The van der Waals surface area contributed by atoms with Crippen LogP contribution in [0.3, 0.4) is 0 Å². The molecule has 1 aliphatic rings. The normalized spacial score (nSPS) is 20.4. The monoisotopic (exact) mass is 420 g/mol. The minimum absolute atomic E-state index is 0.00474. The SMILES string of the molecule is O=S1(=O)C[C@H](NC(=S)Nc2ccccc2)[C@@H](NC(=S)Nc2ccccc2)C1. The summed E-state index contributed by atoms with van der Waals surface area (Å²) < 4.78 is 24.2. The Kier molecular flexibility index (Phi) is 6.25. The number of sulfone groups is 1. The fraction of sp³-hybridized carbons (Fsp3) is 0.222. The molecule has 1 aliphatic heterocycles. The second-order valence-electron chi connectivity index (χ2n) is 6.22. The Morgan fingerprint density at radius 3 is 1.48 bits per heavy atom. The molecule has 2 aromatic rings. The van der Waals surface area contributed by atoms with Gasteiger partial charge in [0.25, 0.3) is 0 Å². The lowest BCUT2D eigenvalue weighted by Crippen LogP contribution is -2.52. The molecule has 0 saturated carbocycles. The van der Waals surface area contributed by atoms with Crippen LogP contribution in [0.2, 0.25) is 0 Å². The molecule has 2 atom stereocenters. The average molecular weight is 421 g/mol. The molecule has 2 aromatic carbocycles. The summed E-state index contributed by atoms with van der Waals surface area (Å²) in [5.41, 5.74) is 1.67. The van der Waals surface area contributed by atoms with E-state index in [2.05, 4.69) is 21.3 Å². The highest BCUT2D eigenvalue weighted by molar-refractivity contribution is 7.91. The fourth-order valence-corrected chi connectivity index (χ4v) is 5.25. The van der Waals surface area contributed by atoms with E-state index in [1.807, 2.05) is 60.7 Å². The third-order valence-electron chi connectivity index (χ3n) is 4.05. The zero-order valence-corrected chi connectivity index (χ0v) is 16.8. The van der Waals surface area contributed by atoms with Gasteiger partial charge < -0.3 is 21.3 Å². The molecule has 27 heavy (non-hydrogen) atoms. The molecule has 142 valence electrons. The summed E-state index contributed by atoms with van der Waals surface area (Å²) >= 11 is 10.7. The van der Waals surface area contributed by atoms with Crippen molar-refractivity contribution in [1.82, 2.24) is 10.6 Å². The molecular formula is C18H20N4O2S3. The predicted molar refractivity (Wildman–Crippen MR) is 118 cm³/mol. The highest BCUT2D eigenvalue weighted by atomic mass is 32.2. The summed E-state index contributed by atoms with van der Waals surface area (Å²) in [6, 6.07) is 18.2. The van der Waals surface area contributed by atoms with Crippen LogP contribution in [0.4, 0.5) is 11.4 Å². The molecule has 6 nitrogen and oxygen atoms in total. The van der Waals surface area contributed by atoms with Crippen LogP contribution < -0.4 is 21.3 Å². The molecule has 3 rings (SSSR count). The van der Waals surface area contributed by atoms with Crippen LogP contribution in [0.15, 0.2) is 60.7 Å². The summed E-state index contributed by atoms with van der Waals surface area (Å²) in [6.45, 7) is 0. The number of anilines is 2. The van der Waals surface area contributed by atoms with E-state index in [1.165, 1.54) is 0 Å². The van der Waals surface area contributed by atoms with Crippen molar-refractivity contribution in [3.05, 3.63) is 60.7 Å². The molecule has 0 aromatic heterocycles. The number of nitrogens with one attached hydrogen (secondary N) is 4. The number of hydrogen-bond donors (Lipinski definition) is 4. The standard InChI is InChI=1S/C18H20N4O2S3/c23-27(24)11-15(21-17(25)19-13-7-3-1-4-8-13)16(12-27)22-18(26)20-14-9-5-2-6-10-14/h1-10,15-16H,11-12H2,(H2,19,21,25)(H2,20,22,26)/t15-,16-/m0/s1. The van der Waals surface area contributed by atoms with Crippen LogP contribution in [0, 0.1) is 0 Å². The Hall–Kier alpha value is -2.23.